The maximum atomic E-state index is 9.85. The van der Waals surface area contributed by atoms with Gasteiger partial charge in [-0.15, -0.1) is 0 Å². The summed E-state index contributed by atoms with van der Waals surface area (Å²) < 4.78 is 0. The zero-order chi connectivity index (χ0) is 13.6. The predicted octanol–water partition coefficient (Wildman–Crippen LogP) is 4.42. The maximum absolute atomic E-state index is 9.85. The van der Waals surface area contributed by atoms with Crippen molar-refractivity contribution in [1.82, 2.24) is 0 Å². The van der Waals surface area contributed by atoms with Crippen molar-refractivity contribution in [2.75, 3.05) is 0 Å². The molecule has 0 atom stereocenters. The fraction of sp³-hybridized carbons (Fsp3) is 0.222. The summed E-state index contributed by atoms with van der Waals surface area (Å²) >= 11 is 0. The molecule has 0 aliphatic heterocycles. The van der Waals surface area contributed by atoms with Gasteiger partial charge in [-0.2, -0.15) is 0 Å². The van der Waals surface area contributed by atoms with Crippen molar-refractivity contribution < 1.29 is 5.11 Å². The van der Waals surface area contributed by atoms with E-state index in [9.17, 15) is 5.11 Å². The van der Waals surface area contributed by atoms with Gasteiger partial charge in [0.2, 0.25) is 0 Å². The molecule has 3 rings (SSSR count). The maximum Gasteiger partial charge on any atom is 0.118 e. The fourth-order valence-electron chi connectivity index (χ4n) is 3.03. The Labute approximate surface area is 114 Å². The van der Waals surface area contributed by atoms with Gasteiger partial charge < -0.3 is 5.11 Å². The van der Waals surface area contributed by atoms with Crippen LogP contribution in [0.15, 0.2) is 30.8 Å². The van der Waals surface area contributed by atoms with Crippen LogP contribution in [0.2, 0.25) is 0 Å². The SMILES string of the molecule is C=Cc1cc2c(cc1C)-c1ccc(O)c(C)c1CC2. The lowest BCUT2D eigenvalue weighted by atomic mass is 9.81. The zero-order valence-corrected chi connectivity index (χ0v) is 11.5. The van der Waals surface area contributed by atoms with E-state index in [1.54, 1.807) is 6.07 Å². The monoisotopic (exact) mass is 250 g/mol. The van der Waals surface area contributed by atoms with Crippen molar-refractivity contribution in [2.24, 2.45) is 0 Å². The molecule has 0 amide bonds. The van der Waals surface area contributed by atoms with E-state index in [0.717, 1.165) is 18.4 Å². The Balaban J connectivity index is 2.27. The fourth-order valence-corrected chi connectivity index (χ4v) is 3.03. The van der Waals surface area contributed by atoms with Crippen LogP contribution in [0.1, 0.15) is 27.8 Å². The van der Waals surface area contributed by atoms with E-state index < -0.39 is 0 Å². The van der Waals surface area contributed by atoms with Gasteiger partial charge in [0, 0.05) is 0 Å². The lowest BCUT2D eigenvalue weighted by Crippen LogP contribution is -2.06. The highest BCUT2D eigenvalue weighted by Gasteiger charge is 2.19. The summed E-state index contributed by atoms with van der Waals surface area (Å²) in [4.78, 5) is 0. The summed E-state index contributed by atoms with van der Waals surface area (Å²) in [5.41, 5.74) is 8.76. The summed E-state index contributed by atoms with van der Waals surface area (Å²) in [5, 5.41) is 9.85. The van der Waals surface area contributed by atoms with Gasteiger partial charge in [0.1, 0.15) is 5.75 Å². The molecule has 2 aromatic carbocycles. The second-order valence-electron chi connectivity index (χ2n) is 5.31. The molecule has 0 radical (unpaired) electrons. The van der Waals surface area contributed by atoms with Gasteiger partial charge in [-0.1, -0.05) is 30.9 Å². The molecule has 96 valence electrons. The minimum Gasteiger partial charge on any atom is -0.508 e. The quantitative estimate of drug-likeness (QED) is 0.794. The van der Waals surface area contributed by atoms with Crippen LogP contribution in [-0.2, 0) is 12.8 Å². The van der Waals surface area contributed by atoms with Crippen molar-refractivity contribution in [3.05, 3.63) is 58.7 Å². The molecule has 1 nitrogen and oxygen atoms in total. The molecule has 2 aromatic rings. The molecule has 0 unspecified atom stereocenters. The Morgan fingerprint density at radius 2 is 1.89 bits per heavy atom. The van der Waals surface area contributed by atoms with Crippen LogP contribution in [-0.4, -0.2) is 5.11 Å². The van der Waals surface area contributed by atoms with Crippen LogP contribution in [0, 0.1) is 13.8 Å². The highest BCUT2D eigenvalue weighted by Crippen LogP contribution is 2.39. The topological polar surface area (TPSA) is 20.2 Å². The minimum atomic E-state index is 0.404. The summed E-state index contributed by atoms with van der Waals surface area (Å²) in [7, 11) is 0. The van der Waals surface area contributed by atoms with Gasteiger partial charge >= 0.3 is 0 Å². The van der Waals surface area contributed by atoms with Crippen LogP contribution >= 0.6 is 0 Å². The molecule has 0 aromatic heterocycles. The molecular formula is C18H18O. The third-order valence-electron chi connectivity index (χ3n) is 4.22. The Hall–Kier alpha value is -2.02. The van der Waals surface area contributed by atoms with E-state index in [1.165, 1.54) is 33.4 Å². The zero-order valence-electron chi connectivity index (χ0n) is 11.5. The number of phenolic OH excluding ortho intramolecular Hbond substituents is 1. The average Bonchev–Trinajstić information content (AvgIpc) is 2.42. The Morgan fingerprint density at radius 1 is 1.11 bits per heavy atom. The summed E-state index contributed by atoms with van der Waals surface area (Å²) in [6.45, 7) is 8.01. The molecule has 0 spiro atoms. The van der Waals surface area contributed by atoms with Gasteiger partial charge in [-0.05, 0) is 71.7 Å². The van der Waals surface area contributed by atoms with Crippen molar-refractivity contribution in [3.8, 4) is 16.9 Å². The minimum absolute atomic E-state index is 0.404. The first-order chi connectivity index (χ1) is 9.11. The van der Waals surface area contributed by atoms with Crippen molar-refractivity contribution in [3.63, 3.8) is 0 Å². The Morgan fingerprint density at radius 3 is 2.63 bits per heavy atom. The first-order valence-electron chi connectivity index (χ1n) is 6.69. The number of aromatic hydroxyl groups is 1. The molecule has 0 saturated heterocycles. The lowest BCUT2D eigenvalue weighted by Gasteiger charge is -2.23. The highest BCUT2D eigenvalue weighted by atomic mass is 16.3. The second kappa shape index (κ2) is 4.27. The number of rotatable bonds is 1. The summed E-state index contributed by atoms with van der Waals surface area (Å²) in [6.07, 6.45) is 3.96. The molecule has 0 bridgehead atoms. The van der Waals surface area contributed by atoms with E-state index in [1.807, 2.05) is 19.1 Å². The molecule has 1 heteroatoms. The van der Waals surface area contributed by atoms with E-state index in [4.69, 9.17) is 0 Å². The Bertz CT molecular complexity index is 681. The first-order valence-corrected chi connectivity index (χ1v) is 6.69. The predicted molar refractivity (Wildman–Crippen MR) is 80.5 cm³/mol. The van der Waals surface area contributed by atoms with Gasteiger partial charge in [0.15, 0.2) is 0 Å². The number of hydrogen-bond acceptors (Lipinski definition) is 1. The molecular weight excluding hydrogens is 232 g/mol. The standard InChI is InChI=1S/C18H18O/c1-4-13-10-14-5-6-15-12(3)18(19)8-7-16(15)17(14)9-11(13)2/h4,7-10,19H,1,5-6H2,2-3H3. The molecule has 1 aliphatic rings. The summed E-state index contributed by atoms with van der Waals surface area (Å²) in [6, 6.07) is 8.35. The lowest BCUT2D eigenvalue weighted by molar-refractivity contribution is 0.470. The number of aryl methyl sites for hydroxylation is 2. The molecule has 1 aliphatic carbocycles. The largest absolute Gasteiger partial charge is 0.508 e. The third-order valence-corrected chi connectivity index (χ3v) is 4.22. The van der Waals surface area contributed by atoms with E-state index in [-0.39, 0.29) is 0 Å². The summed E-state index contributed by atoms with van der Waals surface area (Å²) in [5.74, 6) is 0.404. The van der Waals surface area contributed by atoms with Crippen molar-refractivity contribution in [2.45, 2.75) is 26.7 Å². The number of fused-ring (bicyclic) bond motifs is 3. The van der Waals surface area contributed by atoms with E-state index in [0.29, 0.717) is 5.75 Å². The van der Waals surface area contributed by atoms with Gasteiger partial charge in [-0.25, -0.2) is 0 Å². The van der Waals surface area contributed by atoms with Crippen LogP contribution < -0.4 is 0 Å². The van der Waals surface area contributed by atoms with E-state index in [2.05, 4.69) is 25.6 Å². The molecule has 1 N–H and O–H groups in total. The smallest absolute Gasteiger partial charge is 0.118 e. The van der Waals surface area contributed by atoms with Gasteiger partial charge in [-0.3, -0.25) is 0 Å². The Kier molecular flexibility index (Phi) is 2.70. The first kappa shape index (κ1) is 12.0. The molecule has 19 heavy (non-hydrogen) atoms. The van der Waals surface area contributed by atoms with Crippen LogP contribution in [0.5, 0.6) is 5.75 Å². The van der Waals surface area contributed by atoms with Crippen molar-refractivity contribution in [1.29, 1.82) is 0 Å². The van der Waals surface area contributed by atoms with Gasteiger partial charge in [0.25, 0.3) is 0 Å². The molecule has 0 fully saturated rings. The van der Waals surface area contributed by atoms with Crippen LogP contribution in [0.3, 0.4) is 0 Å². The third kappa shape index (κ3) is 1.77. The number of benzene rings is 2. The van der Waals surface area contributed by atoms with E-state index >= 15 is 0 Å². The molecule has 0 saturated carbocycles. The molecule has 0 heterocycles. The average molecular weight is 250 g/mol. The number of phenols is 1. The normalized spacial score (nSPS) is 12.7. The highest BCUT2D eigenvalue weighted by molar-refractivity contribution is 5.77. The second-order valence-corrected chi connectivity index (χ2v) is 5.31. The van der Waals surface area contributed by atoms with Crippen LogP contribution in [0.25, 0.3) is 17.2 Å². The van der Waals surface area contributed by atoms with Gasteiger partial charge in [0.05, 0.1) is 0 Å². The number of hydrogen-bond donors (Lipinski definition) is 1. The van der Waals surface area contributed by atoms with Crippen molar-refractivity contribution >= 4 is 6.08 Å². The van der Waals surface area contributed by atoms with Crippen LogP contribution in [0.4, 0.5) is 0 Å².